The van der Waals surface area contributed by atoms with E-state index in [1.165, 1.54) is 15.9 Å². The average Bonchev–Trinajstić information content (AvgIpc) is 2.43. The molecule has 1 aliphatic rings. The van der Waals surface area contributed by atoms with Crippen LogP contribution >= 0.6 is 0 Å². The lowest BCUT2D eigenvalue weighted by molar-refractivity contribution is -1.01. The number of nitrogens with one attached hydrogen (secondary N) is 3. The van der Waals surface area contributed by atoms with Gasteiger partial charge in [0.1, 0.15) is 26.2 Å². The monoisotopic (exact) mass is 285 g/mol. The summed E-state index contributed by atoms with van der Waals surface area (Å²) in [5, 5.41) is 2.65. The standard InChI is InChI=1S/C14H19F2N3O/c1-10(19-7-5-18(2)6-8-19)14(20)17-11-3-4-12(15)13(16)9-11/h3-4,9-10H,5-8H2,1-2H3,(H,17,20)/p+2/t10-/m0/s1. The van der Waals surface area contributed by atoms with Gasteiger partial charge in [0.25, 0.3) is 5.91 Å². The molecule has 110 valence electrons. The number of carbonyl (C=O) groups excluding carboxylic acids is 1. The van der Waals surface area contributed by atoms with E-state index in [0.717, 1.165) is 38.3 Å². The highest BCUT2D eigenvalue weighted by Crippen LogP contribution is 2.12. The number of hydrogen-bond donors (Lipinski definition) is 3. The normalized spacial score (nSPS) is 24.2. The molecule has 1 fully saturated rings. The number of quaternary nitrogens is 2. The molecule has 1 heterocycles. The van der Waals surface area contributed by atoms with Crippen LogP contribution < -0.4 is 15.1 Å². The third-order valence-corrected chi connectivity index (χ3v) is 3.94. The zero-order valence-corrected chi connectivity index (χ0v) is 11.8. The topological polar surface area (TPSA) is 38.0 Å². The highest BCUT2D eigenvalue weighted by molar-refractivity contribution is 5.93. The molecule has 0 bridgehead atoms. The number of amides is 1. The van der Waals surface area contributed by atoms with E-state index in [2.05, 4.69) is 12.4 Å². The maximum Gasteiger partial charge on any atom is 0.282 e. The van der Waals surface area contributed by atoms with Crippen molar-refractivity contribution in [1.82, 2.24) is 0 Å². The molecular formula is C14H21F2N3O+2. The van der Waals surface area contributed by atoms with Gasteiger partial charge in [-0.25, -0.2) is 8.78 Å². The number of anilines is 1. The van der Waals surface area contributed by atoms with Crippen LogP contribution in [0.5, 0.6) is 0 Å². The molecule has 20 heavy (non-hydrogen) atoms. The van der Waals surface area contributed by atoms with Crippen LogP contribution in [0.4, 0.5) is 14.5 Å². The highest BCUT2D eigenvalue weighted by Gasteiger charge is 2.29. The van der Waals surface area contributed by atoms with E-state index >= 15 is 0 Å². The SMILES string of the molecule is C[C@@H](C(=O)Nc1ccc(F)c(F)c1)[NH+]1CC[NH+](C)CC1. The smallest absolute Gasteiger partial charge is 0.282 e. The van der Waals surface area contributed by atoms with E-state index in [-0.39, 0.29) is 11.9 Å². The molecule has 0 unspecified atom stereocenters. The Balaban J connectivity index is 1.95. The summed E-state index contributed by atoms with van der Waals surface area (Å²) in [6.07, 6.45) is 0. The maximum absolute atomic E-state index is 13.1. The van der Waals surface area contributed by atoms with Crippen molar-refractivity contribution in [3.63, 3.8) is 0 Å². The van der Waals surface area contributed by atoms with Crippen LogP contribution in [0, 0.1) is 11.6 Å². The van der Waals surface area contributed by atoms with Crippen molar-refractivity contribution in [3.8, 4) is 0 Å². The first-order valence-electron chi connectivity index (χ1n) is 6.89. The second kappa shape index (κ2) is 6.28. The molecule has 1 amide bonds. The lowest BCUT2D eigenvalue weighted by Crippen LogP contribution is -3.29. The minimum atomic E-state index is -0.953. The zero-order valence-electron chi connectivity index (χ0n) is 11.8. The average molecular weight is 285 g/mol. The van der Waals surface area contributed by atoms with E-state index < -0.39 is 11.6 Å². The van der Waals surface area contributed by atoms with Gasteiger partial charge in [0.15, 0.2) is 17.7 Å². The van der Waals surface area contributed by atoms with Crippen molar-refractivity contribution in [3.05, 3.63) is 29.8 Å². The third kappa shape index (κ3) is 3.52. The van der Waals surface area contributed by atoms with Gasteiger partial charge in [-0.2, -0.15) is 0 Å². The Morgan fingerprint density at radius 1 is 1.20 bits per heavy atom. The third-order valence-electron chi connectivity index (χ3n) is 3.94. The summed E-state index contributed by atoms with van der Waals surface area (Å²) in [5.41, 5.74) is 0.292. The highest BCUT2D eigenvalue weighted by atomic mass is 19.2. The van der Waals surface area contributed by atoms with Crippen molar-refractivity contribution in [2.75, 3.05) is 38.5 Å². The quantitative estimate of drug-likeness (QED) is 0.635. The van der Waals surface area contributed by atoms with Crippen molar-refractivity contribution >= 4 is 11.6 Å². The van der Waals surface area contributed by atoms with Gasteiger partial charge in [0.2, 0.25) is 0 Å². The second-order valence-electron chi connectivity index (χ2n) is 5.46. The van der Waals surface area contributed by atoms with Gasteiger partial charge in [-0.15, -0.1) is 0 Å². The second-order valence-corrected chi connectivity index (χ2v) is 5.46. The molecule has 0 aliphatic carbocycles. The first kappa shape index (κ1) is 14.9. The Kier molecular flexibility index (Phi) is 4.67. The van der Waals surface area contributed by atoms with Crippen LogP contribution in [0.2, 0.25) is 0 Å². The number of benzene rings is 1. The molecule has 4 nitrogen and oxygen atoms in total. The van der Waals surface area contributed by atoms with Crippen molar-refractivity contribution in [2.24, 2.45) is 0 Å². The number of rotatable bonds is 3. The molecule has 2 rings (SSSR count). The summed E-state index contributed by atoms with van der Waals surface area (Å²) in [6, 6.07) is 3.19. The Morgan fingerprint density at radius 3 is 2.45 bits per heavy atom. The minimum absolute atomic E-state index is 0.162. The predicted molar refractivity (Wildman–Crippen MR) is 71.8 cm³/mol. The number of hydrogen-bond acceptors (Lipinski definition) is 1. The molecule has 1 aromatic carbocycles. The summed E-state index contributed by atoms with van der Waals surface area (Å²) in [5.74, 6) is -2.03. The van der Waals surface area contributed by atoms with Crippen LogP contribution in [-0.4, -0.2) is 45.2 Å². The summed E-state index contributed by atoms with van der Waals surface area (Å²) < 4.78 is 25.9. The van der Waals surface area contributed by atoms with Gasteiger partial charge in [-0.3, -0.25) is 4.79 Å². The van der Waals surface area contributed by atoms with Crippen molar-refractivity contribution in [2.45, 2.75) is 13.0 Å². The van der Waals surface area contributed by atoms with Gasteiger partial charge < -0.3 is 15.1 Å². The lowest BCUT2D eigenvalue weighted by atomic mass is 10.2. The van der Waals surface area contributed by atoms with Crippen LogP contribution in [0.1, 0.15) is 6.92 Å². The van der Waals surface area contributed by atoms with Crippen LogP contribution in [-0.2, 0) is 4.79 Å². The predicted octanol–water partition coefficient (Wildman–Crippen LogP) is -1.29. The van der Waals surface area contributed by atoms with Gasteiger partial charge in [0.05, 0.1) is 7.05 Å². The Hall–Kier alpha value is -1.53. The molecule has 0 radical (unpaired) electrons. The molecule has 1 atom stereocenters. The molecule has 3 N–H and O–H groups in total. The van der Waals surface area contributed by atoms with E-state index in [0.29, 0.717) is 5.69 Å². The number of carbonyl (C=O) groups is 1. The van der Waals surface area contributed by atoms with Gasteiger partial charge in [-0.1, -0.05) is 0 Å². The van der Waals surface area contributed by atoms with Crippen molar-refractivity contribution < 1.29 is 23.4 Å². The lowest BCUT2D eigenvalue weighted by Gasteiger charge is -2.30. The summed E-state index contributed by atoms with van der Waals surface area (Å²) in [7, 11) is 2.14. The van der Waals surface area contributed by atoms with Gasteiger partial charge in [0, 0.05) is 11.8 Å². The summed E-state index contributed by atoms with van der Waals surface area (Å²) in [4.78, 5) is 14.8. The molecular weight excluding hydrogens is 264 g/mol. The van der Waals surface area contributed by atoms with Crippen molar-refractivity contribution in [1.29, 1.82) is 0 Å². The fourth-order valence-corrected chi connectivity index (χ4v) is 2.44. The Bertz CT molecular complexity index is 487. The van der Waals surface area contributed by atoms with E-state index in [1.807, 2.05) is 6.92 Å². The van der Waals surface area contributed by atoms with Crippen LogP contribution in [0.15, 0.2) is 18.2 Å². The zero-order chi connectivity index (χ0) is 14.7. The Labute approximate surface area is 117 Å². The number of likely N-dealkylation sites (N-methyl/N-ethyl adjacent to an activating group) is 1. The molecule has 0 saturated carbocycles. The van der Waals surface area contributed by atoms with Crippen LogP contribution in [0.25, 0.3) is 0 Å². The first-order chi connectivity index (χ1) is 9.47. The first-order valence-corrected chi connectivity index (χ1v) is 6.89. The molecule has 1 aromatic rings. The fraction of sp³-hybridized carbons (Fsp3) is 0.500. The largest absolute Gasteiger partial charge is 0.328 e. The molecule has 0 aromatic heterocycles. The maximum atomic E-state index is 13.1. The minimum Gasteiger partial charge on any atom is -0.328 e. The Morgan fingerprint density at radius 2 is 1.85 bits per heavy atom. The molecule has 1 aliphatic heterocycles. The van der Waals surface area contributed by atoms with E-state index in [4.69, 9.17) is 0 Å². The van der Waals surface area contributed by atoms with E-state index in [1.54, 1.807) is 0 Å². The van der Waals surface area contributed by atoms with Gasteiger partial charge >= 0.3 is 0 Å². The number of halogens is 2. The molecule has 6 heteroatoms. The molecule has 0 spiro atoms. The van der Waals surface area contributed by atoms with Crippen LogP contribution in [0.3, 0.4) is 0 Å². The number of piperazine rings is 1. The van der Waals surface area contributed by atoms with E-state index in [9.17, 15) is 13.6 Å². The fourth-order valence-electron chi connectivity index (χ4n) is 2.44. The molecule has 1 saturated heterocycles. The summed E-state index contributed by atoms with van der Waals surface area (Å²) >= 11 is 0. The van der Waals surface area contributed by atoms with Gasteiger partial charge in [-0.05, 0) is 19.1 Å². The summed E-state index contributed by atoms with van der Waals surface area (Å²) in [6.45, 7) is 5.83.